The van der Waals surface area contributed by atoms with E-state index in [1.165, 1.54) is 0 Å². The van der Waals surface area contributed by atoms with Crippen LogP contribution >= 0.6 is 0 Å². The molecule has 1 rings (SSSR count). The minimum atomic E-state index is -1.16. The quantitative estimate of drug-likeness (QED) is 0.586. The molecule has 1 aliphatic heterocycles. The van der Waals surface area contributed by atoms with Crippen LogP contribution < -0.4 is 0 Å². The number of nitrogens with zero attached hydrogens (tertiary/aromatic N) is 1. The Bertz CT molecular complexity index is 254. The molecule has 6 nitrogen and oxygen atoms in total. The Balaban J connectivity index is 2.74. The fourth-order valence-electron chi connectivity index (χ4n) is 1.40. The molecular formula is C7H9NO5. The monoisotopic (exact) mass is 187 g/mol. The normalized spacial score (nSPS) is 26.4. The standard InChI is InChI=1S/C7H9NO5/c1-3(9)8-4(6(10)11)2-5(8)7(12)13/h4-5H,2H2,1H3,(H,10,11)(H,12,13)/t4-,5+. The fraction of sp³-hybridized carbons (Fsp3) is 0.571. The van der Waals surface area contributed by atoms with E-state index in [1.54, 1.807) is 0 Å². The molecule has 2 atom stereocenters. The topological polar surface area (TPSA) is 94.9 Å². The Hall–Kier alpha value is -1.59. The molecule has 0 aromatic heterocycles. The molecule has 0 radical (unpaired) electrons. The van der Waals surface area contributed by atoms with Crippen LogP contribution in [0.25, 0.3) is 0 Å². The average Bonchev–Trinajstić information content (AvgIpc) is 1.79. The highest BCUT2D eigenvalue weighted by molar-refractivity contribution is 5.91. The summed E-state index contributed by atoms with van der Waals surface area (Å²) in [4.78, 5) is 32.7. The lowest BCUT2D eigenvalue weighted by Gasteiger charge is -2.42. The summed E-state index contributed by atoms with van der Waals surface area (Å²) in [5, 5.41) is 17.1. The lowest BCUT2D eigenvalue weighted by Crippen LogP contribution is -2.64. The molecule has 1 heterocycles. The van der Waals surface area contributed by atoms with Crippen LogP contribution in [-0.2, 0) is 14.4 Å². The zero-order valence-electron chi connectivity index (χ0n) is 6.93. The first-order valence-electron chi connectivity index (χ1n) is 3.69. The maximum Gasteiger partial charge on any atom is 0.326 e. The molecule has 1 amide bonds. The van der Waals surface area contributed by atoms with E-state index >= 15 is 0 Å². The summed E-state index contributed by atoms with van der Waals surface area (Å²) in [6.07, 6.45) is -0.00968. The van der Waals surface area contributed by atoms with Crippen LogP contribution in [0, 0.1) is 0 Å². The van der Waals surface area contributed by atoms with Gasteiger partial charge < -0.3 is 15.1 Å². The molecule has 0 unspecified atom stereocenters. The van der Waals surface area contributed by atoms with Crippen LogP contribution in [-0.4, -0.2) is 45.0 Å². The van der Waals surface area contributed by atoms with E-state index in [0.29, 0.717) is 0 Å². The predicted octanol–water partition coefficient (Wildman–Crippen LogP) is -0.855. The Labute approximate surface area is 73.8 Å². The third-order valence-corrected chi connectivity index (χ3v) is 2.05. The summed E-state index contributed by atoms with van der Waals surface area (Å²) in [5.41, 5.74) is 0. The Morgan fingerprint density at radius 1 is 1.15 bits per heavy atom. The van der Waals surface area contributed by atoms with Crippen molar-refractivity contribution in [1.29, 1.82) is 0 Å². The molecule has 6 heteroatoms. The largest absolute Gasteiger partial charge is 0.480 e. The molecule has 1 saturated heterocycles. The molecule has 0 bridgehead atoms. The summed E-state index contributed by atoms with van der Waals surface area (Å²) in [7, 11) is 0. The number of amides is 1. The van der Waals surface area contributed by atoms with Crippen LogP contribution in [0.1, 0.15) is 13.3 Å². The van der Waals surface area contributed by atoms with E-state index in [4.69, 9.17) is 10.2 Å². The Kier molecular flexibility index (Phi) is 2.22. The second-order valence-electron chi connectivity index (χ2n) is 2.87. The molecule has 72 valence electrons. The van der Waals surface area contributed by atoms with Gasteiger partial charge in [-0.25, -0.2) is 9.59 Å². The number of carboxylic acid groups (broad SMARTS) is 2. The van der Waals surface area contributed by atoms with Crippen molar-refractivity contribution in [2.45, 2.75) is 25.4 Å². The van der Waals surface area contributed by atoms with E-state index in [0.717, 1.165) is 11.8 Å². The fourth-order valence-corrected chi connectivity index (χ4v) is 1.40. The van der Waals surface area contributed by atoms with Crippen molar-refractivity contribution in [2.24, 2.45) is 0 Å². The molecule has 0 aromatic carbocycles. The number of hydrogen-bond donors (Lipinski definition) is 2. The van der Waals surface area contributed by atoms with Crippen molar-refractivity contribution in [3.63, 3.8) is 0 Å². The Morgan fingerprint density at radius 3 is 1.77 bits per heavy atom. The van der Waals surface area contributed by atoms with Crippen molar-refractivity contribution < 1.29 is 24.6 Å². The first kappa shape index (κ1) is 9.50. The highest BCUT2D eigenvalue weighted by atomic mass is 16.4. The lowest BCUT2D eigenvalue weighted by atomic mass is 9.93. The smallest absolute Gasteiger partial charge is 0.326 e. The summed E-state index contributed by atoms with van der Waals surface area (Å²) < 4.78 is 0. The molecule has 0 aromatic rings. The van der Waals surface area contributed by atoms with Gasteiger partial charge in [0.25, 0.3) is 0 Å². The van der Waals surface area contributed by atoms with Gasteiger partial charge in [-0.3, -0.25) is 4.79 Å². The third-order valence-electron chi connectivity index (χ3n) is 2.05. The zero-order valence-corrected chi connectivity index (χ0v) is 6.93. The summed E-state index contributed by atoms with van der Waals surface area (Å²) in [6.45, 7) is 1.16. The number of likely N-dealkylation sites (tertiary alicyclic amines) is 1. The van der Waals surface area contributed by atoms with E-state index in [-0.39, 0.29) is 6.42 Å². The maximum atomic E-state index is 10.9. The highest BCUT2D eigenvalue weighted by Crippen LogP contribution is 2.26. The molecule has 0 spiro atoms. The van der Waals surface area contributed by atoms with E-state index in [9.17, 15) is 14.4 Å². The van der Waals surface area contributed by atoms with Gasteiger partial charge in [0.2, 0.25) is 5.91 Å². The number of hydrogen-bond acceptors (Lipinski definition) is 3. The van der Waals surface area contributed by atoms with Crippen LogP contribution in [0.4, 0.5) is 0 Å². The van der Waals surface area contributed by atoms with Crippen molar-refractivity contribution in [2.75, 3.05) is 0 Å². The average molecular weight is 187 g/mol. The van der Waals surface area contributed by atoms with Crippen LogP contribution in [0.5, 0.6) is 0 Å². The van der Waals surface area contributed by atoms with Gasteiger partial charge in [0.1, 0.15) is 12.1 Å². The molecular weight excluding hydrogens is 178 g/mol. The number of carbonyl (C=O) groups is 3. The second kappa shape index (κ2) is 3.04. The van der Waals surface area contributed by atoms with Crippen molar-refractivity contribution in [3.05, 3.63) is 0 Å². The molecule has 1 aliphatic rings. The van der Waals surface area contributed by atoms with Gasteiger partial charge in [-0.05, 0) is 0 Å². The van der Waals surface area contributed by atoms with Crippen molar-refractivity contribution in [3.8, 4) is 0 Å². The van der Waals surface area contributed by atoms with Crippen LogP contribution in [0.15, 0.2) is 0 Å². The van der Waals surface area contributed by atoms with Crippen LogP contribution in [0.3, 0.4) is 0 Å². The number of carbonyl (C=O) groups excluding carboxylic acids is 1. The highest BCUT2D eigenvalue weighted by Gasteiger charge is 2.48. The van der Waals surface area contributed by atoms with Gasteiger partial charge in [-0.1, -0.05) is 0 Å². The second-order valence-corrected chi connectivity index (χ2v) is 2.87. The first-order chi connectivity index (χ1) is 5.95. The predicted molar refractivity (Wildman–Crippen MR) is 40.0 cm³/mol. The van der Waals surface area contributed by atoms with Crippen LogP contribution in [0.2, 0.25) is 0 Å². The molecule has 0 aliphatic carbocycles. The molecule has 13 heavy (non-hydrogen) atoms. The maximum absolute atomic E-state index is 10.9. The SMILES string of the molecule is CC(=O)N1[C@@H](C(=O)O)C[C@H]1C(=O)O. The molecule has 1 fully saturated rings. The van der Waals surface area contributed by atoms with E-state index in [1.807, 2.05) is 0 Å². The van der Waals surface area contributed by atoms with Gasteiger partial charge in [-0.15, -0.1) is 0 Å². The summed E-state index contributed by atoms with van der Waals surface area (Å²) >= 11 is 0. The lowest BCUT2D eigenvalue weighted by molar-refractivity contribution is -0.171. The van der Waals surface area contributed by atoms with Gasteiger partial charge >= 0.3 is 11.9 Å². The zero-order chi connectivity index (χ0) is 10.2. The van der Waals surface area contributed by atoms with E-state index < -0.39 is 29.9 Å². The first-order valence-corrected chi connectivity index (χ1v) is 3.69. The third kappa shape index (κ3) is 1.47. The van der Waals surface area contributed by atoms with Gasteiger partial charge in [0.15, 0.2) is 0 Å². The minimum absolute atomic E-state index is 0.00968. The number of aliphatic carboxylic acids is 2. The summed E-state index contributed by atoms with van der Waals surface area (Å²) in [5.74, 6) is -2.84. The number of rotatable bonds is 2. The van der Waals surface area contributed by atoms with Crippen molar-refractivity contribution >= 4 is 17.8 Å². The summed E-state index contributed by atoms with van der Waals surface area (Å²) in [6, 6.07) is -1.95. The van der Waals surface area contributed by atoms with E-state index in [2.05, 4.69) is 0 Å². The van der Waals surface area contributed by atoms with Crippen molar-refractivity contribution in [1.82, 2.24) is 4.90 Å². The molecule has 0 saturated carbocycles. The Morgan fingerprint density at radius 2 is 1.54 bits per heavy atom. The van der Waals surface area contributed by atoms with Gasteiger partial charge in [0, 0.05) is 13.3 Å². The number of carboxylic acids is 2. The minimum Gasteiger partial charge on any atom is -0.480 e. The van der Waals surface area contributed by atoms with Gasteiger partial charge in [0.05, 0.1) is 0 Å². The van der Waals surface area contributed by atoms with Gasteiger partial charge in [-0.2, -0.15) is 0 Å². The molecule has 2 N–H and O–H groups in total.